The molecule has 0 unspecified atom stereocenters. The molecule has 0 aliphatic carbocycles. The summed E-state index contributed by atoms with van der Waals surface area (Å²) in [5, 5.41) is 2.54. The van der Waals surface area contributed by atoms with Crippen molar-refractivity contribution in [1.29, 1.82) is 0 Å². The molecule has 2 aromatic heterocycles. The molecule has 1 aromatic carbocycles. The summed E-state index contributed by atoms with van der Waals surface area (Å²) < 4.78 is 14.9. The number of hydrogen-bond acceptors (Lipinski definition) is 3. The van der Waals surface area contributed by atoms with Crippen LogP contribution in [-0.4, -0.2) is 39.2 Å². The van der Waals surface area contributed by atoms with E-state index in [-0.39, 0.29) is 22.4 Å². The van der Waals surface area contributed by atoms with Gasteiger partial charge in [0.2, 0.25) is 5.82 Å². The van der Waals surface area contributed by atoms with Crippen molar-refractivity contribution in [3.63, 3.8) is 0 Å². The number of rotatable bonds is 5. The maximum atomic E-state index is 13.3. The number of nitrogens with zero attached hydrogens (tertiary/aromatic N) is 3. The number of benzene rings is 1. The van der Waals surface area contributed by atoms with E-state index in [0.29, 0.717) is 24.3 Å². The number of halogens is 2. The van der Waals surface area contributed by atoms with Gasteiger partial charge in [0, 0.05) is 25.0 Å². The van der Waals surface area contributed by atoms with Crippen molar-refractivity contribution in [3.8, 4) is 0 Å². The first-order chi connectivity index (χ1) is 13.0. The van der Waals surface area contributed by atoms with Crippen molar-refractivity contribution in [2.45, 2.75) is 13.8 Å². The van der Waals surface area contributed by atoms with E-state index in [1.165, 1.54) is 18.2 Å². The monoisotopic (exact) mass is 388 g/mol. The lowest BCUT2D eigenvalue weighted by Gasteiger charge is -2.17. The van der Waals surface area contributed by atoms with Crippen LogP contribution in [0.2, 0.25) is 5.02 Å². The Balaban J connectivity index is 2.00. The van der Waals surface area contributed by atoms with Crippen LogP contribution in [0.5, 0.6) is 0 Å². The highest BCUT2D eigenvalue weighted by Gasteiger charge is 2.24. The van der Waals surface area contributed by atoms with Gasteiger partial charge in [0.05, 0.1) is 10.5 Å². The second-order valence-electron chi connectivity index (χ2n) is 5.80. The molecular weight excluding hydrogens is 371 g/mol. The van der Waals surface area contributed by atoms with Crippen LogP contribution in [0.25, 0.3) is 5.52 Å². The summed E-state index contributed by atoms with van der Waals surface area (Å²) in [5.74, 6) is -1.18. The molecule has 0 aliphatic rings. The Bertz CT molecular complexity index is 1010. The second kappa shape index (κ2) is 7.75. The number of imidazole rings is 1. The van der Waals surface area contributed by atoms with Gasteiger partial charge < -0.3 is 10.2 Å². The molecular formula is C19H18ClFN4O2. The molecule has 0 saturated heterocycles. The van der Waals surface area contributed by atoms with Crippen LogP contribution < -0.4 is 5.32 Å². The Kier molecular flexibility index (Phi) is 5.41. The third kappa shape index (κ3) is 3.64. The zero-order chi connectivity index (χ0) is 19.6. The molecule has 27 heavy (non-hydrogen) atoms. The van der Waals surface area contributed by atoms with Crippen LogP contribution in [-0.2, 0) is 0 Å². The lowest BCUT2D eigenvalue weighted by molar-refractivity contribution is 0.0760. The molecule has 140 valence electrons. The molecule has 1 N–H and O–H groups in total. The lowest BCUT2D eigenvalue weighted by Crippen LogP contribution is -2.32. The fourth-order valence-corrected chi connectivity index (χ4v) is 2.95. The van der Waals surface area contributed by atoms with Gasteiger partial charge in [-0.25, -0.2) is 9.37 Å². The van der Waals surface area contributed by atoms with Gasteiger partial charge in [0.1, 0.15) is 5.82 Å². The van der Waals surface area contributed by atoms with E-state index >= 15 is 0 Å². The van der Waals surface area contributed by atoms with Gasteiger partial charge in [-0.1, -0.05) is 17.7 Å². The fourth-order valence-electron chi connectivity index (χ4n) is 2.77. The Hall–Kier alpha value is -2.93. The van der Waals surface area contributed by atoms with Crippen molar-refractivity contribution >= 4 is 34.6 Å². The molecule has 0 aliphatic heterocycles. The SMILES string of the molecule is CCN(CC)C(=O)c1nc(C(=O)Nc2ccc(F)c(Cl)c2)c2ccccn12. The van der Waals surface area contributed by atoms with E-state index in [9.17, 15) is 14.0 Å². The summed E-state index contributed by atoms with van der Waals surface area (Å²) in [6.45, 7) is 4.82. The number of fused-ring (bicyclic) bond motifs is 1. The molecule has 8 heteroatoms. The summed E-state index contributed by atoms with van der Waals surface area (Å²) in [7, 11) is 0. The average Bonchev–Trinajstić information content (AvgIpc) is 3.05. The van der Waals surface area contributed by atoms with Crippen LogP contribution in [0.4, 0.5) is 10.1 Å². The van der Waals surface area contributed by atoms with E-state index < -0.39 is 11.7 Å². The van der Waals surface area contributed by atoms with Gasteiger partial charge in [-0.2, -0.15) is 0 Å². The predicted molar refractivity (Wildman–Crippen MR) is 102 cm³/mol. The Morgan fingerprint density at radius 2 is 1.96 bits per heavy atom. The Labute approximate surface area is 160 Å². The zero-order valence-corrected chi connectivity index (χ0v) is 15.6. The quantitative estimate of drug-likeness (QED) is 0.721. The van der Waals surface area contributed by atoms with Crippen LogP contribution in [0.15, 0.2) is 42.6 Å². The van der Waals surface area contributed by atoms with Crippen molar-refractivity contribution in [3.05, 3.63) is 65.0 Å². The molecule has 0 saturated carbocycles. The summed E-state index contributed by atoms with van der Waals surface area (Å²) in [6.07, 6.45) is 1.69. The van der Waals surface area contributed by atoms with Crippen molar-refractivity contribution < 1.29 is 14.0 Å². The third-order valence-electron chi connectivity index (χ3n) is 4.18. The maximum absolute atomic E-state index is 13.3. The van der Waals surface area contributed by atoms with Gasteiger partial charge in [0.25, 0.3) is 11.8 Å². The third-order valence-corrected chi connectivity index (χ3v) is 4.47. The molecule has 2 amide bonds. The van der Waals surface area contributed by atoms with Crippen LogP contribution in [0.3, 0.4) is 0 Å². The molecule has 0 atom stereocenters. The van der Waals surface area contributed by atoms with Crippen LogP contribution >= 0.6 is 11.6 Å². The second-order valence-corrected chi connectivity index (χ2v) is 6.21. The summed E-state index contributed by atoms with van der Waals surface area (Å²) in [4.78, 5) is 31.4. The average molecular weight is 389 g/mol. The van der Waals surface area contributed by atoms with Gasteiger partial charge in [-0.15, -0.1) is 0 Å². The largest absolute Gasteiger partial charge is 0.337 e. The van der Waals surface area contributed by atoms with E-state index in [1.807, 2.05) is 13.8 Å². The number of aromatic nitrogens is 2. The first-order valence-corrected chi connectivity index (χ1v) is 8.86. The van der Waals surface area contributed by atoms with Crippen molar-refractivity contribution in [1.82, 2.24) is 14.3 Å². The smallest absolute Gasteiger partial charge is 0.290 e. The van der Waals surface area contributed by atoms with Gasteiger partial charge in [0.15, 0.2) is 5.69 Å². The molecule has 3 rings (SSSR count). The minimum Gasteiger partial charge on any atom is -0.337 e. The maximum Gasteiger partial charge on any atom is 0.290 e. The molecule has 6 nitrogen and oxygen atoms in total. The van der Waals surface area contributed by atoms with Crippen LogP contribution in [0.1, 0.15) is 35.0 Å². The number of carbonyl (C=O) groups is 2. The molecule has 0 fully saturated rings. The Morgan fingerprint density at radius 1 is 1.22 bits per heavy atom. The minimum absolute atomic E-state index is 0.0973. The molecule has 0 spiro atoms. The highest BCUT2D eigenvalue weighted by molar-refractivity contribution is 6.31. The number of amides is 2. The van der Waals surface area contributed by atoms with E-state index in [1.54, 1.807) is 33.7 Å². The summed E-state index contributed by atoms with van der Waals surface area (Å²) >= 11 is 5.75. The topological polar surface area (TPSA) is 66.7 Å². The normalized spacial score (nSPS) is 10.8. The summed E-state index contributed by atoms with van der Waals surface area (Å²) in [6, 6.07) is 9.11. The molecule has 3 aromatic rings. The fraction of sp³-hybridized carbons (Fsp3) is 0.211. The van der Waals surface area contributed by atoms with E-state index in [0.717, 1.165) is 0 Å². The molecule has 0 radical (unpaired) electrons. The van der Waals surface area contributed by atoms with E-state index in [4.69, 9.17) is 11.6 Å². The molecule has 0 bridgehead atoms. The Morgan fingerprint density at radius 3 is 2.63 bits per heavy atom. The van der Waals surface area contributed by atoms with E-state index in [2.05, 4.69) is 10.3 Å². The van der Waals surface area contributed by atoms with Gasteiger partial charge >= 0.3 is 0 Å². The van der Waals surface area contributed by atoms with Crippen molar-refractivity contribution in [2.75, 3.05) is 18.4 Å². The summed E-state index contributed by atoms with van der Waals surface area (Å²) in [5.41, 5.74) is 0.936. The van der Waals surface area contributed by atoms with Gasteiger partial charge in [-0.05, 0) is 44.2 Å². The minimum atomic E-state index is -0.575. The van der Waals surface area contributed by atoms with Crippen molar-refractivity contribution in [2.24, 2.45) is 0 Å². The number of anilines is 1. The van der Waals surface area contributed by atoms with Gasteiger partial charge in [-0.3, -0.25) is 14.0 Å². The predicted octanol–water partition coefficient (Wildman–Crippen LogP) is 3.86. The number of carbonyl (C=O) groups excluding carboxylic acids is 2. The van der Waals surface area contributed by atoms with Crippen LogP contribution in [0, 0.1) is 5.82 Å². The first kappa shape index (κ1) is 18.8. The number of nitrogens with one attached hydrogen (secondary N) is 1. The zero-order valence-electron chi connectivity index (χ0n) is 14.9. The first-order valence-electron chi connectivity index (χ1n) is 8.49. The standard InChI is InChI=1S/C19H18ClFN4O2/c1-3-24(4-2)19(27)17-23-16(15-7-5-6-10-25(15)17)18(26)22-12-8-9-14(21)13(20)11-12/h5-11H,3-4H2,1-2H3,(H,22,26). The number of hydrogen-bond donors (Lipinski definition) is 1. The molecule has 2 heterocycles. The highest BCUT2D eigenvalue weighted by atomic mass is 35.5. The number of pyridine rings is 1. The lowest BCUT2D eigenvalue weighted by atomic mass is 10.2. The highest BCUT2D eigenvalue weighted by Crippen LogP contribution is 2.21.